The maximum Gasteiger partial charge on any atom is 0.336 e. The highest BCUT2D eigenvalue weighted by Crippen LogP contribution is 2.26. The van der Waals surface area contributed by atoms with Gasteiger partial charge in [0.2, 0.25) is 5.91 Å². The van der Waals surface area contributed by atoms with Crippen molar-refractivity contribution in [3.63, 3.8) is 0 Å². The van der Waals surface area contributed by atoms with Crippen LogP contribution in [0.3, 0.4) is 0 Å². The molecule has 4 rings (SSSR count). The molecular weight excluding hydrogens is 388 g/mol. The van der Waals surface area contributed by atoms with Gasteiger partial charge in [-0.1, -0.05) is 0 Å². The molecule has 0 aliphatic rings. The van der Waals surface area contributed by atoms with Crippen LogP contribution >= 0.6 is 11.3 Å². The molecule has 2 aromatic carbocycles. The normalized spacial score (nSPS) is 10.8. The minimum Gasteiger partial charge on any atom is -0.494 e. The van der Waals surface area contributed by atoms with Gasteiger partial charge in [0.1, 0.15) is 16.3 Å². The van der Waals surface area contributed by atoms with Gasteiger partial charge in [-0.05, 0) is 55.5 Å². The second kappa shape index (κ2) is 8.28. The van der Waals surface area contributed by atoms with E-state index in [4.69, 9.17) is 9.15 Å². The maximum atomic E-state index is 12.4. The molecule has 4 aromatic rings. The molecule has 0 bridgehead atoms. The first-order chi connectivity index (χ1) is 14.1. The standard InChI is InChI=1S/C22H18N2O4S/c1-2-27-18-7-3-14(4-8-18)22-24-17(13-29-22)12-20(25)23-16-6-9-19-15(11-16)5-10-21(26)28-19/h3-11,13H,2,12H2,1H3,(H,23,25). The quantitative estimate of drug-likeness (QED) is 0.477. The Balaban J connectivity index is 1.42. The molecular formula is C22H18N2O4S. The number of carbonyl (C=O) groups excluding carboxylic acids is 1. The fraction of sp³-hybridized carbons (Fsp3) is 0.136. The molecule has 1 amide bonds. The summed E-state index contributed by atoms with van der Waals surface area (Å²) in [6, 6.07) is 15.9. The van der Waals surface area contributed by atoms with Crippen molar-refractivity contribution >= 4 is 33.9 Å². The predicted octanol–water partition coefficient (Wildman–Crippen LogP) is 4.50. The van der Waals surface area contributed by atoms with E-state index in [1.165, 1.54) is 17.4 Å². The molecule has 0 spiro atoms. The summed E-state index contributed by atoms with van der Waals surface area (Å²) in [6.45, 7) is 2.57. The number of carbonyl (C=O) groups is 1. The van der Waals surface area contributed by atoms with Gasteiger partial charge >= 0.3 is 5.63 Å². The molecule has 0 atom stereocenters. The molecule has 0 aliphatic carbocycles. The number of hydrogen-bond acceptors (Lipinski definition) is 6. The van der Waals surface area contributed by atoms with Gasteiger partial charge in [0, 0.05) is 28.1 Å². The van der Waals surface area contributed by atoms with Crippen LogP contribution in [0.1, 0.15) is 12.6 Å². The smallest absolute Gasteiger partial charge is 0.336 e. The number of hydrogen-bond donors (Lipinski definition) is 1. The van der Waals surface area contributed by atoms with Crippen molar-refractivity contribution in [3.05, 3.63) is 76.1 Å². The molecule has 1 N–H and O–H groups in total. The monoisotopic (exact) mass is 406 g/mol. The van der Waals surface area contributed by atoms with E-state index < -0.39 is 5.63 Å². The summed E-state index contributed by atoms with van der Waals surface area (Å²) in [5.74, 6) is 0.660. The van der Waals surface area contributed by atoms with Crippen LogP contribution in [0.4, 0.5) is 5.69 Å². The number of nitrogens with zero attached hydrogens (tertiary/aromatic N) is 1. The predicted molar refractivity (Wildman–Crippen MR) is 114 cm³/mol. The zero-order valence-electron chi connectivity index (χ0n) is 15.7. The minimum atomic E-state index is -0.402. The van der Waals surface area contributed by atoms with Gasteiger partial charge in [-0.15, -0.1) is 11.3 Å². The number of aromatic nitrogens is 1. The number of ether oxygens (including phenoxy) is 1. The summed E-state index contributed by atoms with van der Waals surface area (Å²) < 4.78 is 10.6. The van der Waals surface area contributed by atoms with E-state index in [0.29, 0.717) is 23.6 Å². The number of thiazole rings is 1. The van der Waals surface area contributed by atoms with E-state index in [-0.39, 0.29) is 12.3 Å². The van der Waals surface area contributed by atoms with Gasteiger partial charge in [0.05, 0.1) is 18.7 Å². The Morgan fingerprint density at radius 3 is 2.76 bits per heavy atom. The number of anilines is 1. The van der Waals surface area contributed by atoms with Crippen LogP contribution in [-0.2, 0) is 11.2 Å². The van der Waals surface area contributed by atoms with E-state index in [2.05, 4.69) is 10.3 Å². The van der Waals surface area contributed by atoms with Crippen LogP contribution in [0.25, 0.3) is 21.5 Å². The number of fused-ring (bicyclic) bond motifs is 1. The molecule has 7 heteroatoms. The van der Waals surface area contributed by atoms with E-state index in [9.17, 15) is 9.59 Å². The second-order valence-electron chi connectivity index (χ2n) is 6.33. The summed E-state index contributed by atoms with van der Waals surface area (Å²) in [5.41, 5.74) is 2.42. The Bertz CT molecular complexity index is 1210. The van der Waals surface area contributed by atoms with Crippen LogP contribution in [0.15, 0.2) is 69.2 Å². The molecule has 0 saturated carbocycles. The van der Waals surface area contributed by atoms with Crippen molar-refractivity contribution in [1.29, 1.82) is 0 Å². The van der Waals surface area contributed by atoms with Crippen LogP contribution < -0.4 is 15.7 Å². The topological polar surface area (TPSA) is 81.4 Å². The largest absolute Gasteiger partial charge is 0.494 e. The third-order valence-corrected chi connectivity index (χ3v) is 5.15. The highest BCUT2D eigenvalue weighted by molar-refractivity contribution is 7.13. The molecule has 29 heavy (non-hydrogen) atoms. The Morgan fingerprint density at radius 2 is 1.97 bits per heavy atom. The number of amides is 1. The van der Waals surface area contributed by atoms with Crippen molar-refractivity contribution in [1.82, 2.24) is 4.98 Å². The van der Waals surface area contributed by atoms with Crippen LogP contribution in [-0.4, -0.2) is 17.5 Å². The average molecular weight is 406 g/mol. The Hall–Kier alpha value is -3.45. The van der Waals surface area contributed by atoms with E-state index in [1.807, 2.05) is 36.6 Å². The first-order valence-corrected chi connectivity index (χ1v) is 10.00. The van der Waals surface area contributed by atoms with E-state index in [1.54, 1.807) is 24.3 Å². The Labute approximate surface area is 170 Å². The molecule has 2 aromatic heterocycles. The molecule has 2 heterocycles. The highest BCUT2D eigenvalue weighted by Gasteiger charge is 2.10. The van der Waals surface area contributed by atoms with Crippen LogP contribution in [0.2, 0.25) is 0 Å². The first-order valence-electron chi connectivity index (χ1n) is 9.12. The van der Waals surface area contributed by atoms with Crippen LogP contribution in [0.5, 0.6) is 5.75 Å². The Kier molecular flexibility index (Phi) is 5.39. The SMILES string of the molecule is CCOc1ccc(-c2nc(CC(=O)Nc3ccc4oc(=O)ccc4c3)cs2)cc1. The summed E-state index contributed by atoms with van der Waals surface area (Å²) in [4.78, 5) is 28.2. The van der Waals surface area contributed by atoms with Gasteiger partial charge in [0.25, 0.3) is 0 Å². The Morgan fingerprint density at radius 1 is 1.14 bits per heavy atom. The first kappa shape index (κ1) is 18.9. The van der Waals surface area contributed by atoms with Gasteiger partial charge < -0.3 is 14.5 Å². The number of rotatable bonds is 6. The fourth-order valence-electron chi connectivity index (χ4n) is 2.90. The van der Waals surface area contributed by atoms with Crippen LogP contribution in [0, 0.1) is 0 Å². The molecule has 0 aliphatic heterocycles. The van der Waals surface area contributed by atoms with Crippen molar-refractivity contribution in [2.75, 3.05) is 11.9 Å². The van der Waals surface area contributed by atoms with Crippen molar-refractivity contribution in [2.24, 2.45) is 0 Å². The molecule has 146 valence electrons. The molecule has 6 nitrogen and oxygen atoms in total. The zero-order valence-corrected chi connectivity index (χ0v) is 16.5. The van der Waals surface area contributed by atoms with Crippen molar-refractivity contribution < 1.29 is 13.9 Å². The summed E-state index contributed by atoms with van der Waals surface area (Å²) >= 11 is 1.50. The maximum absolute atomic E-state index is 12.4. The zero-order chi connectivity index (χ0) is 20.2. The minimum absolute atomic E-state index is 0.162. The van der Waals surface area contributed by atoms with E-state index >= 15 is 0 Å². The number of benzene rings is 2. The van der Waals surface area contributed by atoms with Gasteiger partial charge in [0.15, 0.2) is 0 Å². The highest BCUT2D eigenvalue weighted by atomic mass is 32.1. The second-order valence-corrected chi connectivity index (χ2v) is 7.19. The molecule has 0 unspecified atom stereocenters. The lowest BCUT2D eigenvalue weighted by molar-refractivity contribution is -0.115. The molecule has 0 saturated heterocycles. The van der Waals surface area contributed by atoms with Crippen molar-refractivity contribution in [3.8, 4) is 16.3 Å². The lowest BCUT2D eigenvalue weighted by Gasteiger charge is -2.05. The fourth-order valence-corrected chi connectivity index (χ4v) is 3.73. The number of nitrogens with one attached hydrogen (secondary N) is 1. The molecule has 0 radical (unpaired) electrons. The lowest BCUT2D eigenvalue weighted by Crippen LogP contribution is -2.14. The van der Waals surface area contributed by atoms with Gasteiger partial charge in [-0.2, -0.15) is 0 Å². The third kappa shape index (κ3) is 4.52. The lowest BCUT2D eigenvalue weighted by atomic mass is 10.2. The average Bonchev–Trinajstić information content (AvgIpc) is 3.17. The van der Waals surface area contributed by atoms with Crippen molar-refractivity contribution in [2.45, 2.75) is 13.3 Å². The van der Waals surface area contributed by atoms with Gasteiger partial charge in [-0.3, -0.25) is 4.79 Å². The summed E-state index contributed by atoms with van der Waals surface area (Å²) in [5, 5.41) is 6.35. The molecule has 0 fully saturated rings. The summed E-state index contributed by atoms with van der Waals surface area (Å²) in [7, 11) is 0. The van der Waals surface area contributed by atoms with E-state index in [0.717, 1.165) is 21.7 Å². The third-order valence-electron chi connectivity index (χ3n) is 4.21. The van der Waals surface area contributed by atoms with Gasteiger partial charge in [-0.25, -0.2) is 9.78 Å². The summed E-state index contributed by atoms with van der Waals surface area (Å²) in [6.07, 6.45) is 0.176.